The minimum atomic E-state index is 0.965. The van der Waals surface area contributed by atoms with Crippen molar-refractivity contribution in [3.8, 4) is 16.9 Å². The van der Waals surface area contributed by atoms with Crippen molar-refractivity contribution in [2.75, 3.05) is 7.11 Å². The molecule has 1 nitrogen and oxygen atoms in total. The molecule has 0 saturated carbocycles. The summed E-state index contributed by atoms with van der Waals surface area (Å²) in [7, 11) is 1.75. The molecule has 2 aromatic rings. The molecule has 0 atom stereocenters. The summed E-state index contributed by atoms with van der Waals surface area (Å²) in [5.74, 6) is 0.965. The molecule has 0 saturated heterocycles. The van der Waals surface area contributed by atoms with Crippen LogP contribution in [0.25, 0.3) is 17.2 Å². The van der Waals surface area contributed by atoms with E-state index in [0.29, 0.717) is 0 Å². The Bertz CT molecular complexity index is 645. The number of aryl methyl sites for hydroxylation is 2. The van der Waals surface area contributed by atoms with Crippen LogP contribution in [0.4, 0.5) is 0 Å². The van der Waals surface area contributed by atoms with Crippen LogP contribution in [0.1, 0.15) is 22.3 Å². The lowest BCUT2D eigenvalue weighted by Crippen LogP contribution is -1.95. The van der Waals surface area contributed by atoms with Gasteiger partial charge in [0, 0.05) is 5.56 Å². The summed E-state index contributed by atoms with van der Waals surface area (Å²) in [5.41, 5.74) is 7.78. The molecule has 1 aliphatic rings. The Morgan fingerprint density at radius 3 is 2.42 bits per heavy atom. The number of hydrogen-bond donors (Lipinski definition) is 0. The molecule has 0 N–H and O–H groups in total. The standard InChI is InChI=1S/C18H18O/c1-12-9-13(2)11-15(10-12)18-16-6-4-5-14(16)7-8-17(18)19-3/h4-5,7-11H,6H2,1-3H3. The molecule has 0 aromatic heterocycles. The second kappa shape index (κ2) is 4.58. The number of ether oxygens (including phenoxy) is 1. The highest BCUT2D eigenvalue weighted by Crippen LogP contribution is 2.39. The maximum Gasteiger partial charge on any atom is 0.127 e. The smallest absolute Gasteiger partial charge is 0.127 e. The summed E-state index contributed by atoms with van der Waals surface area (Å²) in [4.78, 5) is 0. The molecule has 0 radical (unpaired) electrons. The maximum absolute atomic E-state index is 5.58. The third-order valence-electron chi connectivity index (χ3n) is 3.66. The zero-order chi connectivity index (χ0) is 13.4. The molecule has 0 aliphatic heterocycles. The molecule has 2 aromatic carbocycles. The van der Waals surface area contributed by atoms with Gasteiger partial charge in [-0.1, -0.05) is 47.5 Å². The molecular weight excluding hydrogens is 232 g/mol. The second-order valence-electron chi connectivity index (χ2n) is 5.19. The predicted octanol–water partition coefficient (Wildman–Crippen LogP) is 4.55. The van der Waals surface area contributed by atoms with Crippen LogP contribution in [0.5, 0.6) is 5.75 Å². The summed E-state index contributed by atoms with van der Waals surface area (Å²) >= 11 is 0. The molecule has 0 amide bonds. The SMILES string of the molecule is COc1ccc2c(c1-c1cc(C)cc(C)c1)CC=C2. The van der Waals surface area contributed by atoms with Crippen molar-refractivity contribution >= 4 is 6.08 Å². The monoisotopic (exact) mass is 250 g/mol. The van der Waals surface area contributed by atoms with E-state index in [0.717, 1.165) is 12.2 Å². The van der Waals surface area contributed by atoms with Gasteiger partial charge in [-0.25, -0.2) is 0 Å². The average molecular weight is 250 g/mol. The molecule has 0 heterocycles. The van der Waals surface area contributed by atoms with E-state index in [4.69, 9.17) is 4.74 Å². The molecule has 1 heteroatoms. The van der Waals surface area contributed by atoms with E-state index in [1.54, 1.807) is 7.11 Å². The van der Waals surface area contributed by atoms with Crippen LogP contribution in [0.2, 0.25) is 0 Å². The van der Waals surface area contributed by atoms with Crippen LogP contribution in [-0.2, 0) is 6.42 Å². The van der Waals surface area contributed by atoms with Crippen LogP contribution in [-0.4, -0.2) is 7.11 Å². The summed E-state index contributed by atoms with van der Waals surface area (Å²) in [5, 5.41) is 0. The molecule has 3 rings (SSSR count). The lowest BCUT2D eigenvalue weighted by Gasteiger charge is -2.15. The minimum absolute atomic E-state index is 0.965. The lowest BCUT2D eigenvalue weighted by atomic mass is 9.93. The second-order valence-corrected chi connectivity index (χ2v) is 5.19. The average Bonchev–Trinajstić information content (AvgIpc) is 2.84. The summed E-state index contributed by atoms with van der Waals surface area (Å²) in [6.07, 6.45) is 5.41. The van der Waals surface area contributed by atoms with Crippen molar-refractivity contribution in [3.63, 3.8) is 0 Å². The first-order valence-corrected chi connectivity index (χ1v) is 6.64. The number of fused-ring (bicyclic) bond motifs is 1. The quantitative estimate of drug-likeness (QED) is 0.760. The van der Waals surface area contributed by atoms with Crippen molar-refractivity contribution in [1.29, 1.82) is 0 Å². The molecule has 0 fully saturated rings. The first-order valence-electron chi connectivity index (χ1n) is 6.64. The van der Waals surface area contributed by atoms with Gasteiger partial charge in [-0.15, -0.1) is 0 Å². The lowest BCUT2D eigenvalue weighted by molar-refractivity contribution is 0.416. The minimum Gasteiger partial charge on any atom is -0.496 e. The number of rotatable bonds is 2. The fourth-order valence-electron chi connectivity index (χ4n) is 2.93. The Kier molecular flexibility index (Phi) is 2.90. The summed E-state index contributed by atoms with van der Waals surface area (Å²) in [6.45, 7) is 4.29. The zero-order valence-electron chi connectivity index (χ0n) is 11.7. The van der Waals surface area contributed by atoms with Gasteiger partial charge in [-0.2, -0.15) is 0 Å². The zero-order valence-corrected chi connectivity index (χ0v) is 11.7. The van der Waals surface area contributed by atoms with E-state index in [1.165, 1.54) is 33.4 Å². The van der Waals surface area contributed by atoms with E-state index in [1.807, 2.05) is 0 Å². The van der Waals surface area contributed by atoms with Gasteiger partial charge in [-0.05, 0) is 43.0 Å². The van der Waals surface area contributed by atoms with Gasteiger partial charge in [0.1, 0.15) is 5.75 Å². The number of hydrogen-bond acceptors (Lipinski definition) is 1. The topological polar surface area (TPSA) is 9.23 Å². The molecule has 19 heavy (non-hydrogen) atoms. The predicted molar refractivity (Wildman–Crippen MR) is 80.6 cm³/mol. The molecule has 1 aliphatic carbocycles. The maximum atomic E-state index is 5.58. The van der Waals surface area contributed by atoms with E-state index < -0.39 is 0 Å². The first-order chi connectivity index (χ1) is 9.19. The van der Waals surface area contributed by atoms with Gasteiger partial charge >= 0.3 is 0 Å². The van der Waals surface area contributed by atoms with Gasteiger partial charge in [0.05, 0.1) is 7.11 Å². The normalized spacial score (nSPS) is 12.6. The van der Waals surface area contributed by atoms with Crippen molar-refractivity contribution in [2.24, 2.45) is 0 Å². The fourth-order valence-corrected chi connectivity index (χ4v) is 2.93. The van der Waals surface area contributed by atoms with Crippen LogP contribution in [0.3, 0.4) is 0 Å². The molecule has 0 spiro atoms. The van der Waals surface area contributed by atoms with E-state index in [9.17, 15) is 0 Å². The summed E-state index contributed by atoms with van der Waals surface area (Å²) < 4.78 is 5.58. The van der Waals surface area contributed by atoms with E-state index >= 15 is 0 Å². The first kappa shape index (κ1) is 12.0. The van der Waals surface area contributed by atoms with E-state index in [2.05, 4.69) is 56.3 Å². The summed E-state index contributed by atoms with van der Waals surface area (Å²) in [6, 6.07) is 10.9. The highest BCUT2D eigenvalue weighted by molar-refractivity contribution is 5.81. The molecule has 96 valence electrons. The van der Waals surface area contributed by atoms with Gasteiger partial charge in [0.2, 0.25) is 0 Å². The van der Waals surface area contributed by atoms with Crippen LogP contribution in [0, 0.1) is 13.8 Å². The number of benzene rings is 2. The highest BCUT2D eigenvalue weighted by Gasteiger charge is 2.17. The molecular formula is C18H18O. The highest BCUT2D eigenvalue weighted by atomic mass is 16.5. The van der Waals surface area contributed by atoms with Crippen molar-refractivity contribution in [2.45, 2.75) is 20.3 Å². The fraction of sp³-hybridized carbons (Fsp3) is 0.222. The van der Waals surface area contributed by atoms with Crippen LogP contribution >= 0.6 is 0 Å². The molecule has 0 unspecified atom stereocenters. The van der Waals surface area contributed by atoms with Crippen LogP contribution in [0.15, 0.2) is 36.4 Å². The van der Waals surface area contributed by atoms with Gasteiger partial charge in [0.15, 0.2) is 0 Å². The third kappa shape index (κ3) is 2.06. The van der Waals surface area contributed by atoms with Crippen LogP contribution < -0.4 is 4.74 Å². The van der Waals surface area contributed by atoms with Crippen molar-refractivity contribution in [1.82, 2.24) is 0 Å². The molecule has 0 bridgehead atoms. The Morgan fingerprint density at radius 1 is 1.00 bits per heavy atom. The Labute approximate surface area is 114 Å². The van der Waals surface area contributed by atoms with E-state index in [-0.39, 0.29) is 0 Å². The van der Waals surface area contributed by atoms with Gasteiger partial charge < -0.3 is 4.74 Å². The Morgan fingerprint density at radius 2 is 1.74 bits per heavy atom. The largest absolute Gasteiger partial charge is 0.496 e. The number of allylic oxidation sites excluding steroid dienone is 1. The Balaban J connectivity index is 2.27. The number of methoxy groups -OCH3 is 1. The van der Waals surface area contributed by atoms with Gasteiger partial charge in [0.25, 0.3) is 0 Å². The van der Waals surface area contributed by atoms with Crippen molar-refractivity contribution < 1.29 is 4.74 Å². The Hall–Kier alpha value is -2.02. The van der Waals surface area contributed by atoms with Crippen molar-refractivity contribution in [3.05, 3.63) is 58.7 Å². The third-order valence-corrected chi connectivity index (χ3v) is 3.66. The van der Waals surface area contributed by atoms with Gasteiger partial charge in [-0.3, -0.25) is 0 Å².